The molecule has 6 nitrogen and oxygen atoms in total. The largest absolute Gasteiger partial charge is 0.478 e. The van der Waals surface area contributed by atoms with Crippen LogP contribution in [0.3, 0.4) is 0 Å². The molecule has 1 saturated heterocycles. The van der Waals surface area contributed by atoms with Crippen molar-refractivity contribution in [1.82, 2.24) is 15.2 Å². The van der Waals surface area contributed by atoms with Gasteiger partial charge in [-0.25, -0.2) is 4.98 Å². The van der Waals surface area contributed by atoms with Crippen LogP contribution in [0.1, 0.15) is 50.2 Å². The fourth-order valence-electron chi connectivity index (χ4n) is 2.12. The van der Waals surface area contributed by atoms with Gasteiger partial charge in [0, 0.05) is 12.1 Å². The standard InChI is InChI=1S/C18H27N3O3S/c1-5-6-7-8-9-19-16(22)15-10-20-17(25-15)23-12-14-11-21(13-24-14)18(2,3)4/h6-7,10,12H,5,8-9,11,13H2,1-4H3,(H,19,22)/b7-6+,14-12?. The van der Waals surface area contributed by atoms with Crippen LogP contribution in [0.5, 0.6) is 5.19 Å². The number of carbonyl (C=O) groups is 1. The Morgan fingerprint density at radius 1 is 1.48 bits per heavy atom. The number of amides is 1. The van der Waals surface area contributed by atoms with Crippen molar-refractivity contribution >= 4 is 17.2 Å². The predicted octanol–water partition coefficient (Wildman–Crippen LogP) is 3.54. The van der Waals surface area contributed by atoms with E-state index in [0.29, 0.717) is 29.9 Å². The zero-order valence-electron chi connectivity index (χ0n) is 15.4. The molecule has 1 aromatic rings. The van der Waals surface area contributed by atoms with Crippen LogP contribution >= 0.6 is 11.3 Å². The van der Waals surface area contributed by atoms with Crippen LogP contribution in [0.15, 0.2) is 30.4 Å². The Balaban J connectivity index is 1.80. The summed E-state index contributed by atoms with van der Waals surface area (Å²) in [5.74, 6) is 0.639. The molecule has 0 spiro atoms. The lowest BCUT2D eigenvalue weighted by atomic mass is 10.1. The molecule has 1 aliphatic rings. The molecule has 0 bridgehead atoms. The molecular formula is C18H27N3O3S. The maximum atomic E-state index is 12.0. The molecule has 0 aromatic carbocycles. The average Bonchev–Trinajstić information content (AvgIpc) is 3.21. The maximum absolute atomic E-state index is 12.0. The number of hydrogen-bond donors (Lipinski definition) is 1. The van der Waals surface area contributed by atoms with Gasteiger partial charge >= 0.3 is 0 Å². The second-order valence-corrected chi connectivity index (χ2v) is 7.75. The van der Waals surface area contributed by atoms with Crippen molar-refractivity contribution in [2.24, 2.45) is 0 Å². The second-order valence-electron chi connectivity index (χ2n) is 6.76. The number of nitrogens with zero attached hydrogens (tertiary/aromatic N) is 2. The van der Waals surface area contributed by atoms with Crippen LogP contribution in [-0.4, -0.2) is 41.2 Å². The number of hydrogen-bond acceptors (Lipinski definition) is 6. The normalized spacial score (nSPS) is 17.2. The Morgan fingerprint density at radius 3 is 2.96 bits per heavy atom. The third kappa shape index (κ3) is 6.17. The third-order valence-electron chi connectivity index (χ3n) is 3.70. The Labute approximate surface area is 153 Å². The van der Waals surface area contributed by atoms with Crippen molar-refractivity contribution in [2.45, 2.75) is 46.1 Å². The molecule has 0 saturated carbocycles. The van der Waals surface area contributed by atoms with Crippen LogP contribution < -0.4 is 10.1 Å². The van der Waals surface area contributed by atoms with Gasteiger partial charge in [-0.1, -0.05) is 30.4 Å². The molecule has 138 valence electrons. The molecule has 0 unspecified atom stereocenters. The van der Waals surface area contributed by atoms with E-state index in [9.17, 15) is 4.79 Å². The first-order valence-electron chi connectivity index (χ1n) is 8.52. The first-order valence-corrected chi connectivity index (χ1v) is 9.34. The quantitative estimate of drug-likeness (QED) is 0.455. The summed E-state index contributed by atoms with van der Waals surface area (Å²) in [7, 11) is 0. The van der Waals surface area contributed by atoms with E-state index in [-0.39, 0.29) is 11.4 Å². The Hall–Kier alpha value is -1.86. The molecule has 25 heavy (non-hydrogen) atoms. The van der Waals surface area contributed by atoms with E-state index in [1.807, 2.05) is 0 Å². The smallest absolute Gasteiger partial charge is 0.278 e. The highest BCUT2D eigenvalue weighted by atomic mass is 32.1. The molecule has 1 aliphatic heterocycles. The number of rotatable bonds is 7. The number of thiazole rings is 1. The van der Waals surface area contributed by atoms with Gasteiger partial charge in [0.05, 0.1) is 12.7 Å². The van der Waals surface area contributed by atoms with Gasteiger partial charge in [-0.3, -0.25) is 9.69 Å². The maximum Gasteiger partial charge on any atom is 0.278 e. The van der Waals surface area contributed by atoms with Crippen molar-refractivity contribution in [3.05, 3.63) is 35.2 Å². The molecule has 1 fully saturated rings. The van der Waals surface area contributed by atoms with E-state index in [0.717, 1.165) is 18.6 Å². The molecule has 2 rings (SSSR count). The lowest BCUT2D eigenvalue weighted by Crippen LogP contribution is -2.39. The summed E-state index contributed by atoms with van der Waals surface area (Å²) in [6.45, 7) is 10.4. The summed E-state index contributed by atoms with van der Waals surface area (Å²) >= 11 is 1.22. The van der Waals surface area contributed by atoms with Gasteiger partial charge in [-0.2, -0.15) is 0 Å². The Bertz CT molecular complexity index is 632. The molecule has 1 amide bonds. The highest BCUT2D eigenvalue weighted by Gasteiger charge is 2.28. The fraction of sp³-hybridized carbons (Fsp3) is 0.556. The number of carbonyl (C=O) groups excluding carboxylic acids is 1. The number of allylic oxidation sites excluding steroid dienone is 1. The summed E-state index contributed by atoms with van der Waals surface area (Å²) in [6, 6.07) is 0. The second kappa shape index (κ2) is 9.01. The van der Waals surface area contributed by atoms with Crippen molar-refractivity contribution in [3.8, 4) is 5.19 Å². The van der Waals surface area contributed by atoms with Gasteiger partial charge in [-0.05, 0) is 33.6 Å². The molecule has 0 aliphatic carbocycles. The van der Waals surface area contributed by atoms with E-state index in [1.54, 1.807) is 6.26 Å². The minimum absolute atomic E-state index is 0.0499. The van der Waals surface area contributed by atoms with Crippen LogP contribution in [0, 0.1) is 0 Å². The van der Waals surface area contributed by atoms with Crippen LogP contribution in [0.4, 0.5) is 0 Å². The SMILES string of the molecule is CC/C=C/CCNC(=O)c1cnc(OC=C2CN(C(C)(C)C)CO2)s1. The topological polar surface area (TPSA) is 63.7 Å². The third-order valence-corrected chi connectivity index (χ3v) is 4.59. The van der Waals surface area contributed by atoms with Crippen molar-refractivity contribution < 1.29 is 14.3 Å². The highest BCUT2D eigenvalue weighted by Crippen LogP contribution is 2.24. The van der Waals surface area contributed by atoms with Gasteiger partial charge < -0.3 is 14.8 Å². The number of ether oxygens (including phenoxy) is 2. The van der Waals surface area contributed by atoms with Gasteiger partial charge in [0.1, 0.15) is 23.6 Å². The highest BCUT2D eigenvalue weighted by molar-refractivity contribution is 7.15. The number of nitrogens with one attached hydrogen (secondary N) is 1. The summed E-state index contributed by atoms with van der Waals surface area (Å²) in [5.41, 5.74) is 0.0499. The molecule has 0 atom stereocenters. The molecule has 1 N–H and O–H groups in total. The lowest BCUT2D eigenvalue weighted by Gasteiger charge is -2.28. The van der Waals surface area contributed by atoms with Crippen LogP contribution in [-0.2, 0) is 4.74 Å². The fourth-order valence-corrected chi connectivity index (χ4v) is 2.78. The zero-order valence-corrected chi connectivity index (χ0v) is 16.2. The Kier molecular flexibility index (Phi) is 7.01. The van der Waals surface area contributed by atoms with Crippen molar-refractivity contribution in [1.29, 1.82) is 0 Å². The van der Waals surface area contributed by atoms with Gasteiger partial charge in [-0.15, -0.1) is 0 Å². The van der Waals surface area contributed by atoms with E-state index in [1.165, 1.54) is 17.5 Å². The molecule has 1 aromatic heterocycles. The summed E-state index contributed by atoms with van der Waals surface area (Å²) in [5, 5.41) is 3.30. The molecule has 2 heterocycles. The van der Waals surface area contributed by atoms with Gasteiger partial charge in [0.25, 0.3) is 11.1 Å². The first kappa shape index (κ1) is 19.5. The van der Waals surface area contributed by atoms with E-state index >= 15 is 0 Å². The minimum atomic E-state index is -0.124. The predicted molar refractivity (Wildman–Crippen MR) is 99.6 cm³/mol. The summed E-state index contributed by atoms with van der Waals surface area (Å²) in [6.07, 6.45) is 9.10. The van der Waals surface area contributed by atoms with E-state index in [2.05, 4.69) is 55.0 Å². The van der Waals surface area contributed by atoms with Crippen molar-refractivity contribution in [3.63, 3.8) is 0 Å². The van der Waals surface area contributed by atoms with E-state index in [4.69, 9.17) is 9.47 Å². The van der Waals surface area contributed by atoms with Gasteiger partial charge in [0.15, 0.2) is 0 Å². The Morgan fingerprint density at radius 2 is 2.28 bits per heavy atom. The summed E-state index contributed by atoms with van der Waals surface area (Å²) in [4.78, 5) is 18.9. The number of aromatic nitrogens is 1. The monoisotopic (exact) mass is 365 g/mol. The lowest BCUT2D eigenvalue weighted by molar-refractivity contribution is 0.0943. The first-order chi connectivity index (χ1) is 11.9. The molecular weight excluding hydrogens is 338 g/mol. The van der Waals surface area contributed by atoms with Crippen LogP contribution in [0.2, 0.25) is 0 Å². The average molecular weight is 365 g/mol. The molecule has 0 radical (unpaired) electrons. The minimum Gasteiger partial charge on any atom is -0.478 e. The van der Waals surface area contributed by atoms with Gasteiger partial charge in [0.2, 0.25) is 0 Å². The van der Waals surface area contributed by atoms with Crippen LogP contribution in [0.25, 0.3) is 0 Å². The molecule has 7 heteroatoms. The van der Waals surface area contributed by atoms with E-state index < -0.39 is 0 Å². The zero-order chi connectivity index (χ0) is 18.3. The summed E-state index contributed by atoms with van der Waals surface area (Å²) < 4.78 is 11.1. The van der Waals surface area contributed by atoms with Crippen molar-refractivity contribution in [2.75, 3.05) is 19.8 Å².